The molecule has 0 saturated heterocycles. The summed E-state index contributed by atoms with van der Waals surface area (Å²) < 4.78 is 15.9. The van der Waals surface area contributed by atoms with Crippen LogP contribution < -0.4 is 14.7 Å². The molecule has 0 aliphatic heterocycles. The van der Waals surface area contributed by atoms with Gasteiger partial charge in [-0.2, -0.15) is 0 Å². The lowest BCUT2D eigenvalue weighted by Crippen LogP contribution is -2.11. The van der Waals surface area contributed by atoms with Crippen molar-refractivity contribution in [1.29, 1.82) is 0 Å². The smallest absolute Gasteiger partial charge is 0.0641 e. The molecule has 0 atom stereocenters. The van der Waals surface area contributed by atoms with Gasteiger partial charge in [0.1, 0.15) is 0 Å². The van der Waals surface area contributed by atoms with Crippen molar-refractivity contribution in [3.63, 3.8) is 0 Å². The van der Waals surface area contributed by atoms with Crippen LogP contribution in [0.5, 0.6) is 0 Å². The third kappa shape index (κ3) is 16.1. The molecule has 6 aromatic heterocycles. The Morgan fingerprint density at radius 3 is 0.644 bits per heavy atom. The number of rotatable bonds is 16. The molecule has 700 valence electrons. The minimum absolute atomic E-state index is 1.11. The van der Waals surface area contributed by atoms with Gasteiger partial charge in [0.25, 0.3) is 0 Å². The van der Waals surface area contributed by atoms with Gasteiger partial charge < -0.3 is 14.7 Å². The summed E-state index contributed by atoms with van der Waals surface area (Å²) in [5, 5.41) is 20.9. The highest BCUT2D eigenvalue weighted by Crippen LogP contribution is 2.54. The van der Waals surface area contributed by atoms with E-state index in [4.69, 9.17) is 0 Å². The quantitative estimate of drug-likeness (QED) is 0.0893. The average molecular weight is 2010 g/mol. The van der Waals surface area contributed by atoms with Crippen LogP contribution in [0.2, 0.25) is 0 Å². The fourth-order valence-electron chi connectivity index (χ4n) is 22.2. The second-order valence-electron chi connectivity index (χ2n) is 37.9. The molecule has 0 amide bonds. The summed E-state index contributed by atoms with van der Waals surface area (Å²) in [5.41, 5.74) is 27.6. The zero-order chi connectivity index (χ0) is 98.4. The summed E-state index contributed by atoms with van der Waals surface area (Å²) in [5.74, 6) is 0. The molecule has 0 N–H and O–H groups in total. The predicted octanol–water partition coefficient (Wildman–Crippen LogP) is 43.7. The van der Waals surface area contributed by atoms with Crippen LogP contribution in [0.1, 0.15) is 0 Å². The average Bonchev–Trinajstić information content (AvgIpc) is 1.65. The van der Waals surface area contributed by atoms with Crippen molar-refractivity contribution in [2.75, 3.05) is 14.7 Å². The van der Waals surface area contributed by atoms with Gasteiger partial charge in [-0.05, 0) is 221 Å². The Hall–Kier alpha value is -17.5. The van der Waals surface area contributed by atoms with Gasteiger partial charge in [-0.15, -0.1) is 68.0 Å². The van der Waals surface area contributed by atoms with E-state index in [1.807, 2.05) is 68.0 Å². The van der Waals surface area contributed by atoms with Crippen molar-refractivity contribution in [3.8, 4) is 77.9 Å². The lowest BCUT2D eigenvalue weighted by Gasteiger charge is -2.28. The van der Waals surface area contributed by atoms with E-state index in [9.17, 15) is 0 Å². The highest BCUT2D eigenvalue weighted by Gasteiger charge is 2.27. The third-order valence-corrected chi connectivity index (χ3v) is 36.6. The summed E-state index contributed by atoms with van der Waals surface area (Å²) in [7, 11) is 0. The molecule has 3 nitrogen and oxygen atoms in total. The molecule has 0 aliphatic rings. The zero-order valence-corrected chi connectivity index (χ0v) is 85.6. The minimum Gasteiger partial charge on any atom is -0.311 e. The summed E-state index contributed by atoms with van der Waals surface area (Å²) in [6, 6.07) is 197. The van der Waals surface area contributed by atoms with E-state index in [0.29, 0.717) is 0 Å². The van der Waals surface area contributed by atoms with Crippen LogP contribution in [0.4, 0.5) is 51.2 Å². The summed E-state index contributed by atoms with van der Waals surface area (Å²) in [6.07, 6.45) is 0. The number of hydrogen-bond donors (Lipinski definition) is 0. The van der Waals surface area contributed by atoms with Crippen molar-refractivity contribution < 1.29 is 0 Å². The Morgan fingerprint density at radius 2 is 0.322 bits per heavy atom. The first-order valence-corrected chi connectivity index (χ1v) is 55.3. The molecule has 149 heavy (non-hydrogen) atoms. The van der Waals surface area contributed by atoms with Crippen molar-refractivity contribution >= 4 is 262 Å². The Kier molecular flexibility index (Phi) is 22.8. The van der Waals surface area contributed by atoms with Gasteiger partial charge in [-0.3, -0.25) is 0 Å². The maximum Gasteiger partial charge on any atom is 0.0641 e. The fourth-order valence-corrected chi connectivity index (χ4v) is 29.6. The van der Waals surface area contributed by atoms with Gasteiger partial charge in [0, 0.05) is 151 Å². The molecule has 0 saturated carbocycles. The first-order valence-electron chi connectivity index (χ1n) is 50.4. The topological polar surface area (TPSA) is 9.72 Å². The van der Waals surface area contributed by atoms with Gasteiger partial charge in [-0.1, -0.05) is 413 Å². The second-order valence-corrected chi connectivity index (χ2v) is 44.2. The van der Waals surface area contributed by atoms with Gasteiger partial charge >= 0.3 is 0 Å². The normalized spacial score (nSPS) is 11.6. The maximum absolute atomic E-state index is 2.53. The summed E-state index contributed by atoms with van der Waals surface area (Å²) in [4.78, 5) is 7.27. The van der Waals surface area contributed by atoms with Crippen LogP contribution >= 0.6 is 68.0 Å². The van der Waals surface area contributed by atoms with Gasteiger partial charge in [0.05, 0.1) is 26.5 Å². The SMILES string of the molecule is c1ccc(-c2ccc(N(c3ccc(-c4cccc5c4sc4ccccc45)cc3)c3ccc(-c4cccc5c4sc4ccccc45)cc3)cc2)cc1.c1ccc(-c2ccccc2-c2ccc(N(c3ccc(-c4cccc5c4sc4ccccc45)cc3)c3ccc(-c4cccc5c4sc4ccccc45)cc3)cc2)cc1.c1ccc2c(c1)cc(N(c1cccc3c1sc1ccccc13)c1cccc3c1sc1ccccc13)c1ccccc12. The molecule has 30 rings (SSSR count). The van der Waals surface area contributed by atoms with Crippen molar-refractivity contribution in [3.05, 3.63) is 540 Å². The van der Waals surface area contributed by atoms with E-state index in [2.05, 4.69) is 555 Å². The minimum atomic E-state index is 1.11. The molecule has 9 heteroatoms. The molecule has 0 spiro atoms. The molecule has 0 unspecified atom stereocenters. The number of hydrogen-bond acceptors (Lipinski definition) is 9. The van der Waals surface area contributed by atoms with Crippen LogP contribution in [0.3, 0.4) is 0 Å². The van der Waals surface area contributed by atoms with E-state index in [1.54, 1.807) is 0 Å². The number of fused-ring (bicyclic) bond motifs is 21. The van der Waals surface area contributed by atoms with Gasteiger partial charge in [0.15, 0.2) is 0 Å². The lowest BCUT2D eigenvalue weighted by atomic mass is 9.94. The van der Waals surface area contributed by atoms with E-state index >= 15 is 0 Å². The number of nitrogens with zero attached hydrogens (tertiary/aromatic N) is 3. The molecule has 24 aromatic carbocycles. The first kappa shape index (κ1) is 89.2. The molecule has 0 fully saturated rings. The zero-order valence-electron chi connectivity index (χ0n) is 80.7. The van der Waals surface area contributed by atoms with E-state index in [0.717, 1.165) is 34.1 Å². The van der Waals surface area contributed by atoms with Crippen molar-refractivity contribution in [1.82, 2.24) is 0 Å². The van der Waals surface area contributed by atoms with Crippen molar-refractivity contribution in [2.45, 2.75) is 0 Å². The lowest BCUT2D eigenvalue weighted by molar-refractivity contribution is 1.28. The molecule has 6 heterocycles. The first-order chi connectivity index (χ1) is 73.9. The molecule has 0 bridgehead atoms. The largest absolute Gasteiger partial charge is 0.311 e. The van der Waals surface area contributed by atoms with Crippen LogP contribution in [0, 0.1) is 0 Å². The summed E-state index contributed by atoms with van der Waals surface area (Å²) in [6.45, 7) is 0. The molecule has 0 radical (unpaired) electrons. The maximum atomic E-state index is 2.53. The third-order valence-electron chi connectivity index (χ3n) is 29.3. The highest BCUT2D eigenvalue weighted by molar-refractivity contribution is 7.28. The Morgan fingerprint density at radius 1 is 0.114 bits per heavy atom. The number of thiophene rings is 6. The van der Waals surface area contributed by atoms with E-state index < -0.39 is 0 Å². The van der Waals surface area contributed by atoms with Crippen LogP contribution in [0.15, 0.2) is 540 Å². The van der Waals surface area contributed by atoms with Crippen LogP contribution in [-0.2, 0) is 0 Å². The molecule has 30 aromatic rings. The fraction of sp³-hybridized carbons (Fsp3) is 0. The Labute approximate surface area is 886 Å². The molecule has 0 aliphatic carbocycles. The highest BCUT2D eigenvalue weighted by atomic mass is 32.1. The molecular formula is C140H89N3S6. The van der Waals surface area contributed by atoms with Crippen molar-refractivity contribution in [2.24, 2.45) is 0 Å². The Bertz CT molecular complexity index is 9920. The standard InChI is InChI=1S/C54H35NS2.C48H31NS2.C38H23NS2/c1-2-12-36(13-3-1)43-14-4-5-15-44(43)37-24-30-40(31-25-37)55(41-32-26-38(27-33-41)45-18-10-20-49-47-16-6-8-22-51(47)56-53(45)49)42-34-28-39(29-35-42)46-19-11-21-50-48-17-7-9-23-52(48)57-54(46)50;1-2-10-32(11-3-1)33-20-26-36(27-21-33)49(37-28-22-34(23-29-37)39-14-8-16-43-41-12-4-6-18-45(41)50-47(39)43)38-30-24-35(25-31-38)40-15-9-17-44-42-13-5-7-19-46(42)51-48(40)44;1-2-12-25-24(11-1)23-34(27-14-4-3-13-26(25)27)39(32-19-9-17-30-28-15-5-7-21-35(28)40-37(30)32)33-20-10-18-31-29-16-6-8-22-36(29)41-38(31)33/h1-35H;1-31H;1-23H. The predicted molar refractivity (Wildman–Crippen MR) is 654 cm³/mol. The molecular weight excluding hydrogens is 1920 g/mol. The summed E-state index contributed by atoms with van der Waals surface area (Å²) >= 11 is 11.3. The number of anilines is 9. The van der Waals surface area contributed by atoms with Crippen LogP contribution in [-0.4, -0.2) is 0 Å². The Balaban J connectivity index is 0.000000109. The number of benzene rings is 24. The van der Waals surface area contributed by atoms with E-state index in [-0.39, 0.29) is 0 Å². The van der Waals surface area contributed by atoms with Crippen LogP contribution in [0.25, 0.3) is 220 Å². The van der Waals surface area contributed by atoms with Gasteiger partial charge in [-0.25, -0.2) is 0 Å². The second kappa shape index (κ2) is 38.2. The van der Waals surface area contributed by atoms with E-state index in [1.165, 1.54) is 238 Å². The van der Waals surface area contributed by atoms with Gasteiger partial charge in [0.2, 0.25) is 0 Å². The monoisotopic (exact) mass is 2000 g/mol.